The first-order valence-electron chi connectivity index (χ1n) is 10.0. The summed E-state index contributed by atoms with van der Waals surface area (Å²) >= 11 is 0. The van der Waals surface area contributed by atoms with Gasteiger partial charge in [-0.1, -0.05) is 25.0 Å². The van der Waals surface area contributed by atoms with Gasteiger partial charge in [0.25, 0.3) is 11.8 Å². The molecule has 0 atom stereocenters. The van der Waals surface area contributed by atoms with E-state index in [1.54, 1.807) is 0 Å². The summed E-state index contributed by atoms with van der Waals surface area (Å²) < 4.78 is 0. The van der Waals surface area contributed by atoms with Gasteiger partial charge in [-0.2, -0.15) is 0 Å². The van der Waals surface area contributed by atoms with E-state index >= 15 is 0 Å². The van der Waals surface area contributed by atoms with Crippen molar-refractivity contribution in [3.63, 3.8) is 0 Å². The van der Waals surface area contributed by atoms with Crippen LogP contribution in [0, 0.1) is 0 Å². The average molecular weight is 383 g/mol. The first-order valence-corrected chi connectivity index (χ1v) is 10.0. The molecule has 2 amide bonds. The number of likely N-dealkylation sites (N-methyl/N-ethyl adjacent to an activating group) is 1. The molecular weight excluding hydrogens is 352 g/mol. The Morgan fingerprint density at radius 2 is 1.68 bits per heavy atom. The number of hydrogen-bond acceptors (Lipinski definition) is 5. The number of carbonyl (C=O) groups is 2. The van der Waals surface area contributed by atoms with Crippen LogP contribution in [-0.4, -0.2) is 61.9 Å². The van der Waals surface area contributed by atoms with Gasteiger partial charge in [-0.05, 0) is 51.7 Å². The SMILES string of the molecule is CN(C)CCN1C(=O)c2cccc3c(NCCCCCCN)ccc(c23)C1=O. The minimum absolute atomic E-state index is 0.205. The van der Waals surface area contributed by atoms with E-state index in [0.29, 0.717) is 24.2 Å². The van der Waals surface area contributed by atoms with Crippen molar-refractivity contribution in [1.82, 2.24) is 9.80 Å². The summed E-state index contributed by atoms with van der Waals surface area (Å²) in [6, 6.07) is 9.50. The van der Waals surface area contributed by atoms with Gasteiger partial charge < -0.3 is 16.0 Å². The largest absolute Gasteiger partial charge is 0.385 e. The molecule has 0 bridgehead atoms. The third-order valence-corrected chi connectivity index (χ3v) is 5.21. The van der Waals surface area contributed by atoms with Gasteiger partial charge in [-0.15, -0.1) is 0 Å². The normalized spacial score (nSPS) is 13.6. The van der Waals surface area contributed by atoms with E-state index < -0.39 is 0 Å². The van der Waals surface area contributed by atoms with E-state index in [0.717, 1.165) is 55.2 Å². The second-order valence-corrected chi connectivity index (χ2v) is 7.58. The van der Waals surface area contributed by atoms with Gasteiger partial charge in [-0.3, -0.25) is 14.5 Å². The van der Waals surface area contributed by atoms with Gasteiger partial charge in [0.1, 0.15) is 0 Å². The number of nitrogens with one attached hydrogen (secondary N) is 1. The summed E-state index contributed by atoms with van der Waals surface area (Å²) in [5, 5.41) is 5.18. The fraction of sp³-hybridized carbons (Fsp3) is 0.455. The molecule has 3 rings (SSSR count). The van der Waals surface area contributed by atoms with E-state index in [2.05, 4.69) is 5.32 Å². The standard InChI is InChI=1S/C22H30N4O2/c1-25(2)14-15-26-21(27)17-9-7-8-16-19(24-13-6-4-3-5-12-23)11-10-18(20(16)17)22(26)28/h7-11,24H,3-6,12-15,23H2,1-2H3. The molecule has 2 aromatic rings. The van der Waals surface area contributed by atoms with Crippen LogP contribution in [-0.2, 0) is 0 Å². The molecule has 0 aromatic heterocycles. The molecule has 28 heavy (non-hydrogen) atoms. The number of nitrogens with zero attached hydrogens (tertiary/aromatic N) is 2. The minimum Gasteiger partial charge on any atom is -0.385 e. The Hall–Kier alpha value is -2.44. The van der Waals surface area contributed by atoms with Crippen LogP contribution >= 0.6 is 0 Å². The van der Waals surface area contributed by atoms with Gasteiger partial charge >= 0.3 is 0 Å². The zero-order valence-corrected chi connectivity index (χ0v) is 16.8. The van der Waals surface area contributed by atoms with Gasteiger partial charge in [0.05, 0.1) is 0 Å². The highest BCUT2D eigenvalue weighted by Crippen LogP contribution is 2.34. The second-order valence-electron chi connectivity index (χ2n) is 7.58. The molecule has 6 nitrogen and oxygen atoms in total. The summed E-state index contributed by atoms with van der Waals surface area (Å²) in [5.74, 6) is -0.409. The monoisotopic (exact) mass is 382 g/mol. The molecule has 3 N–H and O–H groups in total. The van der Waals surface area contributed by atoms with Gasteiger partial charge in [0.2, 0.25) is 0 Å². The highest BCUT2D eigenvalue weighted by atomic mass is 16.2. The van der Waals surface area contributed by atoms with Crippen LogP contribution < -0.4 is 11.1 Å². The third-order valence-electron chi connectivity index (χ3n) is 5.21. The lowest BCUT2D eigenvalue weighted by Crippen LogP contribution is -2.43. The number of imide groups is 1. The molecule has 0 aliphatic carbocycles. The van der Waals surface area contributed by atoms with Crippen molar-refractivity contribution in [3.8, 4) is 0 Å². The number of nitrogens with two attached hydrogens (primary N) is 1. The smallest absolute Gasteiger partial charge is 0.261 e. The molecule has 1 aliphatic heterocycles. The Morgan fingerprint density at radius 3 is 2.39 bits per heavy atom. The van der Waals surface area contributed by atoms with E-state index in [1.165, 1.54) is 4.90 Å². The first-order chi connectivity index (χ1) is 13.5. The Bertz CT molecular complexity index is 841. The van der Waals surface area contributed by atoms with Crippen LogP contribution in [0.1, 0.15) is 46.4 Å². The maximum atomic E-state index is 13.0. The lowest BCUT2D eigenvalue weighted by molar-refractivity contribution is 0.0601. The van der Waals surface area contributed by atoms with Crippen LogP contribution in [0.15, 0.2) is 30.3 Å². The Kier molecular flexibility index (Phi) is 6.65. The fourth-order valence-corrected chi connectivity index (χ4v) is 3.65. The summed E-state index contributed by atoms with van der Waals surface area (Å²) in [6.45, 7) is 2.64. The molecule has 0 spiro atoms. The van der Waals surface area contributed by atoms with Crippen molar-refractivity contribution in [1.29, 1.82) is 0 Å². The summed E-state index contributed by atoms with van der Waals surface area (Å²) in [6.07, 6.45) is 4.42. The molecular formula is C22H30N4O2. The van der Waals surface area contributed by atoms with Crippen LogP contribution in [0.4, 0.5) is 5.69 Å². The number of unbranched alkanes of at least 4 members (excludes halogenated alkanes) is 3. The zero-order valence-electron chi connectivity index (χ0n) is 16.8. The molecule has 1 heterocycles. The quantitative estimate of drug-likeness (QED) is 0.488. The molecule has 0 saturated carbocycles. The van der Waals surface area contributed by atoms with E-state index in [4.69, 9.17) is 5.73 Å². The van der Waals surface area contributed by atoms with Crippen molar-refractivity contribution < 1.29 is 9.59 Å². The summed E-state index contributed by atoms with van der Waals surface area (Å²) in [4.78, 5) is 29.2. The van der Waals surface area contributed by atoms with Crippen molar-refractivity contribution >= 4 is 28.3 Å². The van der Waals surface area contributed by atoms with Crippen LogP contribution in [0.2, 0.25) is 0 Å². The average Bonchev–Trinajstić information content (AvgIpc) is 2.68. The first kappa shape index (κ1) is 20.3. The van der Waals surface area contributed by atoms with Crippen molar-refractivity contribution in [2.45, 2.75) is 25.7 Å². The summed E-state index contributed by atoms with van der Waals surface area (Å²) in [5.41, 5.74) is 7.72. The topological polar surface area (TPSA) is 78.7 Å². The molecule has 0 radical (unpaired) electrons. The molecule has 0 unspecified atom stereocenters. The van der Waals surface area contributed by atoms with E-state index in [-0.39, 0.29) is 11.8 Å². The van der Waals surface area contributed by atoms with Crippen molar-refractivity contribution in [2.24, 2.45) is 5.73 Å². The molecule has 0 saturated heterocycles. The molecule has 0 fully saturated rings. The Balaban J connectivity index is 1.83. The number of hydrogen-bond donors (Lipinski definition) is 2. The number of anilines is 1. The Labute approximate surface area is 166 Å². The number of benzene rings is 2. The number of carbonyl (C=O) groups excluding carboxylic acids is 2. The van der Waals surface area contributed by atoms with Gasteiger partial charge in [0.15, 0.2) is 0 Å². The van der Waals surface area contributed by atoms with Crippen LogP contribution in [0.25, 0.3) is 10.8 Å². The van der Waals surface area contributed by atoms with Gasteiger partial charge in [0, 0.05) is 47.2 Å². The highest BCUT2D eigenvalue weighted by molar-refractivity contribution is 6.26. The summed E-state index contributed by atoms with van der Waals surface area (Å²) in [7, 11) is 3.86. The fourth-order valence-electron chi connectivity index (χ4n) is 3.65. The maximum absolute atomic E-state index is 13.0. The predicted molar refractivity (Wildman–Crippen MR) is 114 cm³/mol. The predicted octanol–water partition coefficient (Wildman–Crippen LogP) is 2.93. The van der Waals surface area contributed by atoms with E-state index in [9.17, 15) is 9.59 Å². The van der Waals surface area contributed by atoms with Gasteiger partial charge in [-0.25, -0.2) is 0 Å². The zero-order chi connectivity index (χ0) is 20.1. The van der Waals surface area contributed by atoms with Crippen LogP contribution in [0.5, 0.6) is 0 Å². The van der Waals surface area contributed by atoms with Crippen LogP contribution in [0.3, 0.4) is 0 Å². The molecule has 6 heteroatoms. The maximum Gasteiger partial charge on any atom is 0.261 e. The highest BCUT2D eigenvalue weighted by Gasteiger charge is 2.32. The number of rotatable bonds is 10. The third kappa shape index (κ3) is 4.18. The number of amides is 2. The minimum atomic E-state index is -0.205. The van der Waals surface area contributed by atoms with Crippen molar-refractivity contribution in [3.05, 3.63) is 41.5 Å². The van der Waals surface area contributed by atoms with E-state index in [1.807, 2.05) is 49.3 Å². The lowest BCUT2D eigenvalue weighted by Gasteiger charge is -2.28. The van der Waals surface area contributed by atoms with Crippen molar-refractivity contribution in [2.75, 3.05) is 45.6 Å². The molecule has 2 aromatic carbocycles. The molecule has 1 aliphatic rings. The lowest BCUT2D eigenvalue weighted by atomic mass is 9.93. The second kappa shape index (κ2) is 9.17. The molecule has 150 valence electrons. The Morgan fingerprint density at radius 1 is 0.964 bits per heavy atom.